The molecule has 2 heterocycles. The second kappa shape index (κ2) is 4.57. The average Bonchev–Trinajstić information content (AvgIpc) is 2.65. The number of halogens is 1. The normalized spacial score (nSPS) is 15.1. The van der Waals surface area contributed by atoms with Gasteiger partial charge in [0.25, 0.3) is 5.91 Å². The molecule has 0 N–H and O–H groups in total. The molecule has 0 unspecified atom stereocenters. The monoisotopic (exact) mass is 276 g/mol. The van der Waals surface area contributed by atoms with Gasteiger partial charge in [0.1, 0.15) is 0 Å². The zero-order valence-corrected chi connectivity index (χ0v) is 11.9. The molecular formula is C15H17ClN2O. The van der Waals surface area contributed by atoms with Gasteiger partial charge in [0.05, 0.1) is 5.56 Å². The first-order valence-corrected chi connectivity index (χ1v) is 7.05. The largest absolute Gasteiger partial charge is 0.344 e. The smallest absolute Gasteiger partial charge is 0.256 e. The number of rotatable bonds is 2. The first kappa shape index (κ1) is 12.5. The minimum Gasteiger partial charge on any atom is -0.344 e. The van der Waals surface area contributed by atoms with Crippen molar-refractivity contribution in [2.45, 2.75) is 26.3 Å². The maximum Gasteiger partial charge on any atom is 0.256 e. The van der Waals surface area contributed by atoms with Crippen LogP contribution in [-0.2, 0) is 0 Å². The van der Waals surface area contributed by atoms with Crippen LogP contribution in [0.5, 0.6) is 0 Å². The fourth-order valence-corrected chi connectivity index (χ4v) is 2.69. The number of likely N-dealkylation sites (tertiary alicyclic amines) is 1. The van der Waals surface area contributed by atoms with Gasteiger partial charge in [-0.15, -0.1) is 0 Å². The third-order valence-electron chi connectivity index (χ3n) is 3.73. The van der Waals surface area contributed by atoms with E-state index in [1.165, 1.54) is 0 Å². The highest BCUT2D eigenvalue weighted by atomic mass is 35.5. The van der Waals surface area contributed by atoms with Crippen LogP contribution >= 0.6 is 11.6 Å². The summed E-state index contributed by atoms with van der Waals surface area (Å²) >= 11 is 6.08. The minimum atomic E-state index is 0.123. The first-order chi connectivity index (χ1) is 9.08. The number of aromatic nitrogens is 1. The summed E-state index contributed by atoms with van der Waals surface area (Å²) in [5, 5.41) is 1.63. The third kappa shape index (κ3) is 2.02. The Morgan fingerprint density at radius 3 is 2.63 bits per heavy atom. The number of fused-ring (bicyclic) bond motifs is 1. The Morgan fingerprint density at radius 1 is 1.32 bits per heavy atom. The number of hydrogen-bond donors (Lipinski definition) is 0. The van der Waals surface area contributed by atoms with Gasteiger partial charge in [-0.05, 0) is 38.5 Å². The van der Waals surface area contributed by atoms with Crippen molar-refractivity contribution in [2.24, 2.45) is 0 Å². The summed E-state index contributed by atoms with van der Waals surface area (Å²) in [7, 11) is 0. The third-order valence-corrected chi connectivity index (χ3v) is 3.96. The minimum absolute atomic E-state index is 0.123. The summed E-state index contributed by atoms with van der Waals surface area (Å²) in [5.74, 6) is 0.123. The van der Waals surface area contributed by atoms with Crippen LogP contribution in [0.25, 0.3) is 10.9 Å². The van der Waals surface area contributed by atoms with Gasteiger partial charge in [0, 0.05) is 41.3 Å². The lowest BCUT2D eigenvalue weighted by Crippen LogP contribution is -2.41. The lowest BCUT2D eigenvalue weighted by atomic mass is 10.1. The molecule has 1 fully saturated rings. The Kier molecular flexibility index (Phi) is 3.02. The van der Waals surface area contributed by atoms with Crippen LogP contribution in [0.4, 0.5) is 0 Å². The fourth-order valence-electron chi connectivity index (χ4n) is 2.51. The molecule has 1 amide bonds. The maximum absolute atomic E-state index is 12.5. The molecule has 1 aliphatic rings. The van der Waals surface area contributed by atoms with Gasteiger partial charge in [-0.25, -0.2) is 0 Å². The highest BCUT2D eigenvalue weighted by Crippen LogP contribution is 2.29. The lowest BCUT2D eigenvalue weighted by Gasteiger charge is -2.30. The van der Waals surface area contributed by atoms with Crippen molar-refractivity contribution in [3.05, 3.63) is 35.0 Å². The van der Waals surface area contributed by atoms with Crippen molar-refractivity contribution in [1.29, 1.82) is 0 Å². The molecule has 0 aliphatic carbocycles. The highest BCUT2D eigenvalue weighted by Gasteiger charge is 2.25. The van der Waals surface area contributed by atoms with Crippen LogP contribution in [-0.4, -0.2) is 28.5 Å². The Labute approximate surface area is 117 Å². The van der Waals surface area contributed by atoms with E-state index in [9.17, 15) is 4.79 Å². The van der Waals surface area contributed by atoms with Gasteiger partial charge in [0.15, 0.2) is 0 Å². The summed E-state index contributed by atoms with van der Waals surface area (Å²) in [6.45, 7) is 5.97. The van der Waals surface area contributed by atoms with Crippen LogP contribution in [0, 0.1) is 0 Å². The number of carbonyl (C=O) groups is 1. The maximum atomic E-state index is 12.5. The van der Waals surface area contributed by atoms with Gasteiger partial charge in [-0.1, -0.05) is 11.6 Å². The molecule has 3 nitrogen and oxygen atoms in total. The molecule has 2 aromatic rings. The van der Waals surface area contributed by atoms with Crippen molar-refractivity contribution in [2.75, 3.05) is 13.1 Å². The van der Waals surface area contributed by atoms with Crippen LogP contribution in [0.2, 0.25) is 5.02 Å². The zero-order valence-electron chi connectivity index (χ0n) is 11.2. The molecule has 1 aliphatic heterocycles. The van der Waals surface area contributed by atoms with Crippen molar-refractivity contribution in [3.8, 4) is 0 Å². The summed E-state index contributed by atoms with van der Waals surface area (Å²) in [5.41, 5.74) is 1.84. The number of carbonyl (C=O) groups excluding carboxylic acids is 1. The quantitative estimate of drug-likeness (QED) is 0.821. The lowest BCUT2D eigenvalue weighted by molar-refractivity contribution is 0.0653. The molecule has 3 rings (SSSR count). The number of nitrogens with zero attached hydrogens (tertiary/aromatic N) is 2. The van der Waals surface area contributed by atoms with E-state index in [0.29, 0.717) is 11.1 Å². The molecule has 19 heavy (non-hydrogen) atoms. The Morgan fingerprint density at radius 2 is 2.05 bits per heavy atom. The van der Waals surface area contributed by atoms with E-state index in [2.05, 4.69) is 18.4 Å². The Balaban J connectivity index is 2.17. The standard InChI is InChI=1S/C15H17ClN2O/c1-10(2)18-9-13(15(19)17-6-3-7-17)12-8-11(16)4-5-14(12)18/h4-5,8-10H,3,6-7H2,1-2H3. The van der Waals surface area contributed by atoms with Gasteiger partial charge < -0.3 is 9.47 Å². The first-order valence-electron chi connectivity index (χ1n) is 6.67. The summed E-state index contributed by atoms with van der Waals surface area (Å²) in [4.78, 5) is 14.3. The highest BCUT2D eigenvalue weighted by molar-refractivity contribution is 6.31. The van der Waals surface area contributed by atoms with Crippen LogP contribution < -0.4 is 0 Å². The van der Waals surface area contributed by atoms with Crippen molar-refractivity contribution in [1.82, 2.24) is 9.47 Å². The van der Waals surface area contributed by atoms with E-state index < -0.39 is 0 Å². The van der Waals surface area contributed by atoms with Crippen LogP contribution in [0.3, 0.4) is 0 Å². The topological polar surface area (TPSA) is 25.2 Å². The number of amides is 1. The van der Waals surface area contributed by atoms with Crippen molar-refractivity contribution >= 4 is 28.4 Å². The molecule has 0 atom stereocenters. The second-order valence-electron chi connectivity index (χ2n) is 5.35. The van der Waals surface area contributed by atoms with Crippen LogP contribution in [0.15, 0.2) is 24.4 Å². The molecule has 100 valence electrons. The van der Waals surface area contributed by atoms with Gasteiger partial charge in [-0.2, -0.15) is 0 Å². The summed E-state index contributed by atoms with van der Waals surface area (Å²) < 4.78 is 2.14. The molecular weight excluding hydrogens is 260 g/mol. The number of benzene rings is 1. The number of hydrogen-bond acceptors (Lipinski definition) is 1. The van der Waals surface area contributed by atoms with Gasteiger partial charge in [-0.3, -0.25) is 4.79 Å². The van der Waals surface area contributed by atoms with Crippen molar-refractivity contribution < 1.29 is 4.79 Å². The molecule has 0 spiro atoms. The SMILES string of the molecule is CC(C)n1cc(C(=O)N2CCC2)c2cc(Cl)ccc21. The fraction of sp³-hybridized carbons (Fsp3) is 0.400. The second-order valence-corrected chi connectivity index (χ2v) is 5.79. The molecule has 1 aromatic carbocycles. The molecule has 0 bridgehead atoms. The Bertz CT molecular complexity index is 641. The molecule has 1 aromatic heterocycles. The summed E-state index contributed by atoms with van der Waals surface area (Å²) in [6.07, 6.45) is 3.07. The molecule has 0 saturated carbocycles. The predicted molar refractivity (Wildman–Crippen MR) is 77.9 cm³/mol. The van der Waals surface area contributed by atoms with Gasteiger partial charge >= 0.3 is 0 Å². The van der Waals surface area contributed by atoms with E-state index >= 15 is 0 Å². The van der Waals surface area contributed by atoms with E-state index in [4.69, 9.17) is 11.6 Å². The molecule has 4 heteroatoms. The van der Waals surface area contributed by atoms with E-state index in [1.807, 2.05) is 29.3 Å². The summed E-state index contributed by atoms with van der Waals surface area (Å²) in [6, 6.07) is 6.08. The van der Waals surface area contributed by atoms with Gasteiger partial charge in [0.2, 0.25) is 0 Å². The average molecular weight is 277 g/mol. The predicted octanol–water partition coefficient (Wildman–Crippen LogP) is 3.72. The van der Waals surface area contributed by atoms with Crippen LogP contribution in [0.1, 0.15) is 36.7 Å². The van der Waals surface area contributed by atoms with E-state index in [0.717, 1.165) is 36.0 Å². The van der Waals surface area contributed by atoms with E-state index in [1.54, 1.807) is 0 Å². The molecule has 1 saturated heterocycles. The van der Waals surface area contributed by atoms with Crippen molar-refractivity contribution in [3.63, 3.8) is 0 Å². The zero-order chi connectivity index (χ0) is 13.6. The Hall–Kier alpha value is -1.48. The molecule has 0 radical (unpaired) electrons. The van der Waals surface area contributed by atoms with E-state index in [-0.39, 0.29) is 5.91 Å².